The second-order valence-electron chi connectivity index (χ2n) is 7.36. The second kappa shape index (κ2) is 9.12. The van der Waals surface area contributed by atoms with Gasteiger partial charge in [0.1, 0.15) is 5.82 Å². The number of aryl methyl sites for hydroxylation is 1. The number of rotatable bonds is 7. The molecule has 0 atom stereocenters. The Balaban J connectivity index is 1.72. The first kappa shape index (κ1) is 22.0. The lowest BCUT2D eigenvalue weighted by molar-refractivity contribution is 0.0435. The number of alkyl halides is 3. The third-order valence-corrected chi connectivity index (χ3v) is 5.81. The van der Waals surface area contributed by atoms with Crippen molar-refractivity contribution in [2.24, 2.45) is 0 Å². The van der Waals surface area contributed by atoms with E-state index in [-0.39, 0.29) is 11.6 Å². The zero-order chi connectivity index (χ0) is 22.7. The predicted octanol–water partition coefficient (Wildman–Crippen LogP) is 5.85. The van der Waals surface area contributed by atoms with Crippen LogP contribution in [0.5, 0.6) is 0 Å². The van der Waals surface area contributed by atoms with Gasteiger partial charge in [0.15, 0.2) is 5.82 Å². The topological polar surface area (TPSA) is 56.0 Å². The summed E-state index contributed by atoms with van der Waals surface area (Å²) in [5, 5.41) is 11.3. The molecular weight excluding hydrogens is 483 g/mol. The van der Waals surface area contributed by atoms with Crippen molar-refractivity contribution in [1.82, 2.24) is 15.6 Å². The van der Waals surface area contributed by atoms with E-state index in [0.717, 1.165) is 11.3 Å². The Kier molecular flexibility index (Phi) is 6.27. The first-order chi connectivity index (χ1) is 15.4. The van der Waals surface area contributed by atoms with E-state index in [2.05, 4.69) is 36.9 Å². The molecule has 4 rings (SSSR count). The summed E-state index contributed by atoms with van der Waals surface area (Å²) in [6, 6.07) is 13.8. The summed E-state index contributed by atoms with van der Waals surface area (Å²) in [7, 11) is 0. The number of hydrazine groups is 1. The lowest BCUT2D eigenvalue weighted by Crippen LogP contribution is -2.34. The Morgan fingerprint density at radius 2 is 1.88 bits per heavy atom. The second-order valence-corrected chi connectivity index (χ2v) is 7.92. The van der Waals surface area contributed by atoms with Crippen LogP contribution < -0.4 is 15.8 Å². The number of nitrogens with zero attached hydrogens (tertiary/aromatic N) is 2. The molecular formula is C23H21BrF3N5. The molecule has 0 unspecified atom stereocenters. The number of hydrogen-bond donors (Lipinski definition) is 3. The average molecular weight is 504 g/mol. The Hall–Kier alpha value is -3.20. The van der Waals surface area contributed by atoms with Gasteiger partial charge < -0.3 is 5.32 Å². The van der Waals surface area contributed by atoms with Crippen molar-refractivity contribution in [2.45, 2.75) is 12.8 Å². The first-order valence-electron chi connectivity index (χ1n) is 9.90. The van der Waals surface area contributed by atoms with E-state index in [1.165, 1.54) is 12.1 Å². The molecule has 5 nitrogen and oxygen atoms in total. The number of anilines is 2. The molecule has 2 heterocycles. The molecule has 9 heteroatoms. The summed E-state index contributed by atoms with van der Waals surface area (Å²) in [5.41, 5.74) is 7.80. The fraction of sp³-hybridized carbons (Fsp3) is 0.174. The lowest BCUT2D eigenvalue weighted by atomic mass is 10.0. The molecule has 3 N–H and O–H groups in total. The van der Waals surface area contributed by atoms with Gasteiger partial charge in [-0.1, -0.05) is 34.1 Å². The minimum atomic E-state index is -2.95. The van der Waals surface area contributed by atoms with E-state index < -0.39 is 17.8 Å². The van der Waals surface area contributed by atoms with Crippen LogP contribution in [0.4, 0.5) is 24.7 Å². The summed E-state index contributed by atoms with van der Waals surface area (Å²) in [4.78, 5) is 0. The van der Waals surface area contributed by atoms with Gasteiger partial charge in [0.05, 0.1) is 34.5 Å². The molecule has 1 aliphatic heterocycles. The Bertz CT molecular complexity index is 1150. The van der Waals surface area contributed by atoms with Crippen LogP contribution in [0.2, 0.25) is 0 Å². The van der Waals surface area contributed by atoms with E-state index in [4.69, 9.17) is 0 Å². The predicted molar refractivity (Wildman–Crippen MR) is 125 cm³/mol. The minimum Gasteiger partial charge on any atom is -0.362 e. The highest BCUT2D eigenvalue weighted by molar-refractivity contribution is 9.09. The van der Waals surface area contributed by atoms with Crippen molar-refractivity contribution in [1.29, 1.82) is 0 Å². The molecule has 2 aromatic carbocycles. The van der Waals surface area contributed by atoms with Gasteiger partial charge in [-0.2, -0.15) is 5.10 Å². The number of nitrogens with one attached hydrogen (secondary N) is 3. The molecule has 0 aliphatic carbocycles. The number of hydrogen-bond acceptors (Lipinski definition) is 4. The summed E-state index contributed by atoms with van der Waals surface area (Å²) in [6.45, 7) is 1.41. The van der Waals surface area contributed by atoms with Crippen molar-refractivity contribution in [3.8, 4) is 11.3 Å². The molecule has 32 heavy (non-hydrogen) atoms. The van der Waals surface area contributed by atoms with Crippen LogP contribution in [-0.2, 0) is 0 Å². The highest BCUT2D eigenvalue weighted by Gasteiger charge is 2.29. The van der Waals surface area contributed by atoms with Gasteiger partial charge in [0, 0.05) is 11.8 Å². The smallest absolute Gasteiger partial charge is 0.274 e. The van der Waals surface area contributed by atoms with Crippen molar-refractivity contribution < 1.29 is 13.2 Å². The third-order valence-electron chi connectivity index (χ3n) is 4.99. The van der Waals surface area contributed by atoms with E-state index in [1.54, 1.807) is 12.1 Å². The minimum absolute atomic E-state index is 0.267. The van der Waals surface area contributed by atoms with Gasteiger partial charge in [0.25, 0.3) is 5.92 Å². The van der Waals surface area contributed by atoms with Crippen LogP contribution in [0, 0.1) is 12.7 Å². The summed E-state index contributed by atoms with van der Waals surface area (Å²) < 4.78 is 41.2. The molecule has 3 aromatic rings. The lowest BCUT2D eigenvalue weighted by Gasteiger charge is -2.28. The molecule has 166 valence electrons. The monoisotopic (exact) mass is 503 g/mol. The maximum Gasteiger partial charge on any atom is 0.274 e. The third kappa shape index (κ3) is 4.67. The van der Waals surface area contributed by atoms with Crippen LogP contribution in [0.25, 0.3) is 17.0 Å². The van der Waals surface area contributed by atoms with E-state index in [1.807, 2.05) is 54.6 Å². The van der Waals surface area contributed by atoms with Crippen molar-refractivity contribution >= 4 is 33.1 Å². The van der Waals surface area contributed by atoms with Gasteiger partial charge in [-0.25, -0.2) is 13.2 Å². The summed E-state index contributed by atoms with van der Waals surface area (Å²) >= 11 is 2.84. The molecule has 1 aromatic heterocycles. The van der Waals surface area contributed by atoms with Gasteiger partial charge in [-0.05, 0) is 55.0 Å². The largest absolute Gasteiger partial charge is 0.362 e. The van der Waals surface area contributed by atoms with E-state index in [0.29, 0.717) is 22.5 Å². The standard InChI is InChI=1S/C23H21BrF3N5/c1-15-5-2-3-7-19(15)32-12-4-6-18(31-32)20-21(16-8-10-17(25)11-9-16)29-30-22(20)28-14-23(26,27)13-24/h2-12,31H,13-14H2,1H3,(H2,28,29,30). The van der Waals surface area contributed by atoms with Gasteiger partial charge in [0.2, 0.25) is 0 Å². The molecule has 0 saturated heterocycles. The van der Waals surface area contributed by atoms with Crippen LogP contribution in [-0.4, -0.2) is 28.0 Å². The fourth-order valence-electron chi connectivity index (χ4n) is 3.36. The molecule has 0 amide bonds. The number of allylic oxidation sites excluding steroid dienone is 2. The van der Waals surface area contributed by atoms with Gasteiger partial charge in [-0.15, -0.1) is 0 Å². The number of benzene rings is 2. The number of halogens is 4. The van der Waals surface area contributed by atoms with Gasteiger partial charge >= 0.3 is 0 Å². The van der Waals surface area contributed by atoms with E-state index in [9.17, 15) is 13.2 Å². The zero-order valence-corrected chi connectivity index (χ0v) is 18.8. The number of para-hydroxylation sites is 1. The highest BCUT2D eigenvalue weighted by atomic mass is 79.9. The van der Waals surface area contributed by atoms with E-state index >= 15 is 0 Å². The average Bonchev–Trinajstić information content (AvgIpc) is 3.23. The Morgan fingerprint density at radius 1 is 1.12 bits per heavy atom. The van der Waals surface area contributed by atoms with Crippen LogP contribution >= 0.6 is 15.9 Å². The number of aromatic nitrogens is 2. The fourth-order valence-corrected chi connectivity index (χ4v) is 3.56. The van der Waals surface area contributed by atoms with Crippen molar-refractivity contribution in [2.75, 3.05) is 22.2 Å². The Labute approximate surface area is 192 Å². The summed E-state index contributed by atoms with van der Waals surface area (Å²) in [6.07, 6.45) is 5.56. The molecule has 0 fully saturated rings. The molecule has 1 aliphatic rings. The highest BCUT2D eigenvalue weighted by Crippen LogP contribution is 2.34. The van der Waals surface area contributed by atoms with Crippen molar-refractivity contribution in [3.63, 3.8) is 0 Å². The molecule has 0 saturated carbocycles. The number of H-pyrrole nitrogens is 1. The summed E-state index contributed by atoms with van der Waals surface area (Å²) in [5.74, 6) is -3.05. The quantitative estimate of drug-likeness (QED) is 0.354. The molecule has 0 spiro atoms. The van der Waals surface area contributed by atoms with Gasteiger partial charge in [-0.3, -0.25) is 15.5 Å². The Morgan fingerprint density at radius 3 is 2.59 bits per heavy atom. The SMILES string of the molecule is Cc1ccccc1N1C=CC=C(c2c(NCC(F)(F)CBr)n[nH]c2-c2ccc(F)cc2)N1. The molecule has 0 radical (unpaired) electrons. The molecule has 0 bridgehead atoms. The zero-order valence-electron chi connectivity index (χ0n) is 17.2. The maximum atomic E-state index is 13.9. The first-order valence-corrected chi connectivity index (χ1v) is 11.0. The van der Waals surface area contributed by atoms with Crippen LogP contribution in [0.3, 0.4) is 0 Å². The normalized spacial score (nSPS) is 13.7. The van der Waals surface area contributed by atoms with Crippen LogP contribution in [0.15, 0.2) is 66.9 Å². The van der Waals surface area contributed by atoms with Crippen molar-refractivity contribution in [3.05, 3.63) is 83.8 Å². The number of aromatic amines is 1. The maximum absolute atomic E-state index is 13.9. The van der Waals surface area contributed by atoms with Crippen LogP contribution in [0.1, 0.15) is 11.1 Å².